The minimum atomic E-state index is -3.90. The van der Waals surface area contributed by atoms with Gasteiger partial charge in [0.25, 0.3) is 0 Å². The lowest BCUT2D eigenvalue weighted by Gasteiger charge is -2.26. The first kappa shape index (κ1) is 25.8. The molecule has 0 spiro atoms. The molecule has 4 aromatic rings. The average molecular weight is 521 g/mol. The SMILES string of the molecule is NC(c1ccccc1)C(NS(=O)(=O)Cc1ccccc1CS(=O)(=O)c1ccccc1)c1ccccc1. The van der Waals surface area contributed by atoms with Crippen molar-refractivity contribution in [2.45, 2.75) is 28.5 Å². The Morgan fingerprint density at radius 3 is 1.58 bits per heavy atom. The van der Waals surface area contributed by atoms with Gasteiger partial charge in [-0.25, -0.2) is 21.6 Å². The summed E-state index contributed by atoms with van der Waals surface area (Å²) in [4.78, 5) is 0.193. The molecule has 8 heteroatoms. The van der Waals surface area contributed by atoms with Gasteiger partial charge in [0.1, 0.15) is 0 Å². The van der Waals surface area contributed by atoms with Gasteiger partial charge in [-0.15, -0.1) is 0 Å². The van der Waals surface area contributed by atoms with Gasteiger partial charge >= 0.3 is 0 Å². The smallest absolute Gasteiger partial charge is 0.216 e. The summed E-state index contributed by atoms with van der Waals surface area (Å²) in [6, 6.07) is 32.0. The number of sulfone groups is 1. The molecule has 6 nitrogen and oxygen atoms in total. The van der Waals surface area contributed by atoms with Crippen molar-refractivity contribution < 1.29 is 16.8 Å². The van der Waals surface area contributed by atoms with Crippen LogP contribution in [0.1, 0.15) is 34.3 Å². The van der Waals surface area contributed by atoms with Gasteiger partial charge < -0.3 is 5.73 Å². The summed E-state index contributed by atoms with van der Waals surface area (Å²) in [7, 11) is -7.54. The molecule has 4 aromatic carbocycles. The maximum absolute atomic E-state index is 13.4. The third-order valence-electron chi connectivity index (χ3n) is 5.92. The van der Waals surface area contributed by atoms with Crippen LogP contribution in [-0.4, -0.2) is 16.8 Å². The molecule has 0 aliphatic heterocycles. The standard InChI is InChI=1S/C28H28N2O4S2/c29-27(22-12-4-1-5-13-22)28(23-14-6-2-7-15-23)30-36(33,34)21-25-17-11-10-16-24(25)20-35(31,32)26-18-8-3-9-19-26/h1-19,27-28,30H,20-21,29H2. The summed E-state index contributed by atoms with van der Waals surface area (Å²) in [6.07, 6.45) is 0. The molecule has 2 unspecified atom stereocenters. The lowest BCUT2D eigenvalue weighted by atomic mass is 9.95. The molecule has 0 fully saturated rings. The van der Waals surface area contributed by atoms with E-state index in [1.165, 1.54) is 12.1 Å². The van der Waals surface area contributed by atoms with Crippen LogP contribution in [-0.2, 0) is 31.4 Å². The van der Waals surface area contributed by atoms with E-state index in [1.807, 2.05) is 60.7 Å². The van der Waals surface area contributed by atoms with Crippen LogP contribution in [0, 0.1) is 0 Å². The number of sulfonamides is 1. The van der Waals surface area contributed by atoms with Crippen molar-refractivity contribution in [3.8, 4) is 0 Å². The second kappa shape index (κ2) is 11.2. The van der Waals surface area contributed by atoms with Gasteiger partial charge in [-0.05, 0) is 34.4 Å². The lowest BCUT2D eigenvalue weighted by molar-refractivity contribution is 0.503. The molecular formula is C28H28N2O4S2. The first-order chi connectivity index (χ1) is 17.3. The number of nitrogens with one attached hydrogen (secondary N) is 1. The molecule has 2 atom stereocenters. The predicted octanol–water partition coefficient (Wildman–Crippen LogP) is 4.52. The summed E-state index contributed by atoms with van der Waals surface area (Å²) in [5, 5.41) is 0. The third-order valence-corrected chi connectivity index (χ3v) is 8.91. The normalized spacial score (nSPS) is 13.7. The van der Waals surface area contributed by atoms with E-state index >= 15 is 0 Å². The number of hydrogen-bond acceptors (Lipinski definition) is 5. The fourth-order valence-corrected chi connectivity index (χ4v) is 6.95. The fraction of sp³-hybridized carbons (Fsp3) is 0.143. The molecule has 36 heavy (non-hydrogen) atoms. The van der Waals surface area contributed by atoms with Crippen molar-refractivity contribution in [3.05, 3.63) is 138 Å². The van der Waals surface area contributed by atoms with E-state index in [9.17, 15) is 16.8 Å². The minimum absolute atomic E-state index is 0.193. The van der Waals surface area contributed by atoms with Gasteiger partial charge in [0.05, 0.1) is 28.5 Å². The van der Waals surface area contributed by atoms with Gasteiger partial charge in [0, 0.05) is 0 Å². The molecule has 3 N–H and O–H groups in total. The topological polar surface area (TPSA) is 106 Å². The maximum Gasteiger partial charge on any atom is 0.216 e. The summed E-state index contributed by atoms with van der Waals surface area (Å²) in [6.45, 7) is 0. The van der Waals surface area contributed by atoms with Gasteiger partial charge in [-0.1, -0.05) is 103 Å². The van der Waals surface area contributed by atoms with Crippen LogP contribution in [0.5, 0.6) is 0 Å². The van der Waals surface area contributed by atoms with Crippen molar-refractivity contribution in [3.63, 3.8) is 0 Å². The second-order valence-corrected chi connectivity index (χ2v) is 12.3. The molecule has 4 rings (SSSR count). The predicted molar refractivity (Wildman–Crippen MR) is 142 cm³/mol. The van der Waals surface area contributed by atoms with Crippen LogP contribution in [0.4, 0.5) is 0 Å². The molecule has 0 heterocycles. The Hall–Kier alpha value is -3.30. The highest BCUT2D eigenvalue weighted by Crippen LogP contribution is 2.28. The van der Waals surface area contributed by atoms with Crippen LogP contribution < -0.4 is 10.5 Å². The van der Waals surface area contributed by atoms with E-state index in [0.717, 1.165) is 11.1 Å². The van der Waals surface area contributed by atoms with Gasteiger partial charge in [0.15, 0.2) is 9.84 Å². The van der Waals surface area contributed by atoms with E-state index in [4.69, 9.17) is 5.73 Å². The molecule has 0 saturated heterocycles. The molecule has 0 radical (unpaired) electrons. The Morgan fingerprint density at radius 2 is 1.03 bits per heavy atom. The van der Waals surface area contributed by atoms with Crippen molar-refractivity contribution >= 4 is 19.9 Å². The largest absolute Gasteiger partial charge is 0.322 e. The first-order valence-corrected chi connectivity index (χ1v) is 14.8. The Morgan fingerprint density at radius 1 is 0.583 bits per heavy atom. The molecule has 186 valence electrons. The van der Waals surface area contributed by atoms with Crippen LogP contribution in [0.3, 0.4) is 0 Å². The molecule has 0 aliphatic rings. The zero-order chi connectivity index (χ0) is 25.6. The van der Waals surface area contributed by atoms with E-state index < -0.39 is 31.9 Å². The van der Waals surface area contributed by atoms with Crippen LogP contribution in [0.15, 0.2) is 120 Å². The quantitative estimate of drug-likeness (QED) is 0.320. The van der Waals surface area contributed by atoms with Gasteiger partial charge in [-0.3, -0.25) is 0 Å². The highest BCUT2D eigenvalue weighted by molar-refractivity contribution is 7.90. The third kappa shape index (κ3) is 6.47. The number of hydrogen-bond donors (Lipinski definition) is 2. The molecule has 0 aliphatic carbocycles. The highest BCUT2D eigenvalue weighted by atomic mass is 32.2. The zero-order valence-electron chi connectivity index (χ0n) is 19.6. The zero-order valence-corrected chi connectivity index (χ0v) is 21.2. The van der Waals surface area contributed by atoms with Crippen LogP contribution >= 0.6 is 0 Å². The summed E-state index contributed by atoms with van der Waals surface area (Å²) >= 11 is 0. The lowest BCUT2D eigenvalue weighted by Crippen LogP contribution is -2.36. The molecular weight excluding hydrogens is 492 g/mol. The van der Waals surface area contributed by atoms with E-state index in [-0.39, 0.29) is 16.4 Å². The highest BCUT2D eigenvalue weighted by Gasteiger charge is 2.27. The summed E-state index contributed by atoms with van der Waals surface area (Å²) < 4.78 is 55.5. The van der Waals surface area contributed by atoms with E-state index in [2.05, 4.69) is 4.72 Å². The first-order valence-electron chi connectivity index (χ1n) is 11.5. The van der Waals surface area contributed by atoms with Crippen molar-refractivity contribution in [1.29, 1.82) is 0 Å². The Labute approximate surface area is 212 Å². The van der Waals surface area contributed by atoms with E-state index in [0.29, 0.717) is 11.1 Å². The van der Waals surface area contributed by atoms with Crippen molar-refractivity contribution in [1.82, 2.24) is 4.72 Å². The Bertz CT molecular complexity index is 1490. The van der Waals surface area contributed by atoms with Gasteiger partial charge in [-0.2, -0.15) is 0 Å². The molecule has 0 aromatic heterocycles. The molecule has 0 saturated carbocycles. The average Bonchev–Trinajstić information content (AvgIpc) is 2.89. The maximum atomic E-state index is 13.4. The number of nitrogens with two attached hydrogens (primary N) is 1. The Kier molecular flexibility index (Phi) is 8.01. The monoisotopic (exact) mass is 520 g/mol. The van der Waals surface area contributed by atoms with Crippen LogP contribution in [0.2, 0.25) is 0 Å². The summed E-state index contributed by atoms with van der Waals surface area (Å²) in [5.41, 5.74) is 8.93. The minimum Gasteiger partial charge on any atom is -0.322 e. The molecule has 0 bridgehead atoms. The molecule has 0 amide bonds. The summed E-state index contributed by atoms with van der Waals surface area (Å²) in [5.74, 6) is -0.674. The van der Waals surface area contributed by atoms with Gasteiger partial charge in [0.2, 0.25) is 10.0 Å². The van der Waals surface area contributed by atoms with Crippen molar-refractivity contribution in [2.24, 2.45) is 5.73 Å². The number of benzene rings is 4. The number of rotatable bonds is 10. The fourth-order valence-electron chi connectivity index (χ4n) is 4.07. The Balaban J connectivity index is 1.61. The second-order valence-electron chi connectivity index (χ2n) is 8.54. The van der Waals surface area contributed by atoms with E-state index in [1.54, 1.807) is 42.5 Å². The van der Waals surface area contributed by atoms with Crippen LogP contribution in [0.25, 0.3) is 0 Å². The van der Waals surface area contributed by atoms with Crippen molar-refractivity contribution in [2.75, 3.05) is 0 Å².